The molecule has 0 bridgehead atoms. The van der Waals surface area contributed by atoms with Crippen LogP contribution in [0.1, 0.15) is 57.9 Å². The molecule has 48 heavy (non-hydrogen) atoms. The van der Waals surface area contributed by atoms with Gasteiger partial charge in [-0.05, 0) is 76.1 Å². The zero-order valence-electron chi connectivity index (χ0n) is 27.9. The van der Waals surface area contributed by atoms with E-state index in [4.69, 9.17) is 10.5 Å². The summed E-state index contributed by atoms with van der Waals surface area (Å²) in [5.41, 5.74) is 8.32. The van der Waals surface area contributed by atoms with Crippen LogP contribution in [0, 0.1) is 0 Å². The van der Waals surface area contributed by atoms with Gasteiger partial charge in [0, 0.05) is 80.6 Å². The largest absolute Gasteiger partial charge is 0.478 e. The Hall–Kier alpha value is -4.65. The Bertz CT molecular complexity index is 1560. The quantitative estimate of drug-likeness (QED) is 0.231. The molecule has 6 rings (SSSR count). The van der Waals surface area contributed by atoms with Crippen LogP contribution in [0.4, 0.5) is 10.5 Å². The van der Waals surface area contributed by atoms with Gasteiger partial charge in [-0.1, -0.05) is 12.1 Å². The Morgan fingerprint density at radius 2 is 1.92 bits per heavy atom. The standard InChI is InChI=1S/C35H47N9O4/c1-35(2,33(46)38-21-32(45)43-15-5-8-29(43)17-36)48-30-9-3-7-28(16-30)42-14-4-6-26(23-42)41-34(47)44(27-11-12-27)22-24-10-13-31(37-18-24)25-19-39-40-20-25/h3,7,9-10,13,16,18-20,26-27,29H,4-6,8,11-12,14-15,17,21-23,36H2,1-2H3,(H,38,46)(H,39,40)(H,41,47)/t26-,29-/m0/s1. The van der Waals surface area contributed by atoms with Gasteiger partial charge in [0.1, 0.15) is 5.75 Å². The predicted molar refractivity (Wildman–Crippen MR) is 182 cm³/mol. The second kappa shape index (κ2) is 14.6. The van der Waals surface area contributed by atoms with Crippen molar-refractivity contribution in [2.75, 3.05) is 37.6 Å². The first-order valence-electron chi connectivity index (χ1n) is 17.0. The summed E-state index contributed by atoms with van der Waals surface area (Å²) in [7, 11) is 0. The van der Waals surface area contributed by atoms with Gasteiger partial charge >= 0.3 is 6.03 Å². The summed E-state index contributed by atoms with van der Waals surface area (Å²) >= 11 is 0. The minimum atomic E-state index is -1.20. The molecule has 2 aromatic heterocycles. The highest BCUT2D eigenvalue weighted by atomic mass is 16.5. The third-order valence-electron chi connectivity index (χ3n) is 9.44. The highest BCUT2D eigenvalue weighted by Gasteiger charge is 2.35. The summed E-state index contributed by atoms with van der Waals surface area (Å²) < 4.78 is 6.17. The summed E-state index contributed by atoms with van der Waals surface area (Å²) in [6.07, 6.45) is 11.0. The van der Waals surface area contributed by atoms with Crippen molar-refractivity contribution < 1.29 is 19.1 Å². The number of urea groups is 1. The maximum absolute atomic E-state index is 13.5. The van der Waals surface area contributed by atoms with E-state index < -0.39 is 5.60 Å². The zero-order chi connectivity index (χ0) is 33.7. The Labute approximate surface area is 281 Å². The number of carbonyl (C=O) groups excluding carboxylic acids is 3. The number of nitrogens with one attached hydrogen (secondary N) is 3. The Morgan fingerprint density at radius 1 is 1.08 bits per heavy atom. The van der Waals surface area contributed by atoms with E-state index in [0.717, 1.165) is 67.6 Å². The van der Waals surface area contributed by atoms with Gasteiger partial charge in [-0.25, -0.2) is 4.79 Å². The van der Waals surface area contributed by atoms with E-state index in [1.165, 1.54) is 0 Å². The van der Waals surface area contributed by atoms with Crippen molar-refractivity contribution in [2.24, 2.45) is 5.73 Å². The van der Waals surface area contributed by atoms with Crippen LogP contribution in [0.3, 0.4) is 0 Å². The van der Waals surface area contributed by atoms with Gasteiger partial charge in [0.15, 0.2) is 5.60 Å². The average molecular weight is 658 g/mol. The van der Waals surface area contributed by atoms with Crippen molar-refractivity contribution in [2.45, 2.75) is 82.6 Å². The number of H-pyrrole nitrogens is 1. The summed E-state index contributed by atoms with van der Waals surface area (Å²) in [5.74, 6) is 0.0636. The Kier molecular flexibility index (Phi) is 10.1. The van der Waals surface area contributed by atoms with Crippen molar-refractivity contribution >= 4 is 23.5 Å². The first kappa shape index (κ1) is 33.3. The number of hydrogen-bond acceptors (Lipinski definition) is 8. The number of hydrogen-bond donors (Lipinski definition) is 4. The van der Waals surface area contributed by atoms with Crippen LogP contribution in [0.25, 0.3) is 11.3 Å². The van der Waals surface area contributed by atoms with Crippen LogP contribution in [-0.4, -0.2) is 99.3 Å². The van der Waals surface area contributed by atoms with Crippen LogP contribution in [0.15, 0.2) is 55.0 Å². The minimum absolute atomic E-state index is 0.00658. The van der Waals surface area contributed by atoms with Crippen LogP contribution in [0.5, 0.6) is 5.75 Å². The predicted octanol–water partition coefficient (Wildman–Crippen LogP) is 3.04. The number of nitrogens with two attached hydrogens (primary N) is 1. The van der Waals surface area contributed by atoms with Gasteiger partial charge in [-0.15, -0.1) is 0 Å². The molecule has 3 aromatic rings. The van der Waals surface area contributed by atoms with Gasteiger partial charge in [-0.2, -0.15) is 5.10 Å². The SMILES string of the molecule is CC(C)(Oc1cccc(N2CCC[C@H](NC(=O)N(Cc3ccc(-c4cn[nH]c4)nc3)C3CC3)C2)c1)C(=O)NCC(=O)N1CCC[C@H]1CN. The molecule has 1 aromatic carbocycles. The molecule has 3 fully saturated rings. The molecule has 2 aliphatic heterocycles. The number of pyridine rings is 1. The Morgan fingerprint density at radius 3 is 2.65 bits per heavy atom. The van der Waals surface area contributed by atoms with Crippen molar-refractivity contribution in [3.63, 3.8) is 0 Å². The lowest BCUT2D eigenvalue weighted by Crippen LogP contribution is -2.52. The number of benzene rings is 1. The topological polar surface area (TPSA) is 162 Å². The molecule has 13 nitrogen and oxygen atoms in total. The van der Waals surface area contributed by atoms with E-state index in [-0.39, 0.29) is 42.5 Å². The smallest absolute Gasteiger partial charge is 0.318 e. The molecular weight excluding hydrogens is 610 g/mol. The van der Waals surface area contributed by atoms with Gasteiger partial charge in [0.25, 0.3) is 5.91 Å². The van der Waals surface area contributed by atoms with Gasteiger partial charge in [0.2, 0.25) is 5.91 Å². The number of amides is 4. The van der Waals surface area contributed by atoms with Crippen molar-refractivity contribution in [1.29, 1.82) is 0 Å². The van der Waals surface area contributed by atoms with E-state index in [2.05, 4.69) is 30.7 Å². The molecule has 0 unspecified atom stereocenters. The number of likely N-dealkylation sites (tertiary alicyclic amines) is 1. The molecule has 0 radical (unpaired) electrons. The summed E-state index contributed by atoms with van der Waals surface area (Å²) in [5, 5.41) is 12.9. The molecule has 2 saturated heterocycles. The van der Waals surface area contributed by atoms with Crippen LogP contribution in [0.2, 0.25) is 0 Å². The molecule has 3 aliphatic rings. The van der Waals surface area contributed by atoms with Crippen molar-refractivity contribution in [3.8, 4) is 17.0 Å². The molecule has 4 amide bonds. The lowest BCUT2D eigenvalue weighted by molar-refractivity contribution is -0.138. The van der Waals surface area contributed by atoms with E-state index in [0.29, 0.717) is 31.9 Å². The van der Waals surface area contributed by atoms with Crippen LogP contribution < -0.4 is 26.0 Å². The summed E-state index contributed by atoms with van der Waals surface area (Å²) in [6, 6.07) is 11.9. The molecule has 0 spiro atoms. The number of piperidine rings is 1. The third-order valence-corrected chi connectivity index (χ3v) is 9.44. The van der Waals surface area contributed by atoms with Crippen molar-refractivity contribution in [1.82, 2.24) is 35.6 Å². The number of carbonyl (C=O) groups is 3. The number of aromatic amines is 1. The molecule has 4 heterocycles. The highest BCUT2D eigenvalue weighted by Crippen LogP contribution is 2.30. The molecule has 13 heteroatoms. The monoisotopic (exact) mass is 657 g/mol. The number of nitrogens with zero attached hydrogens (tertiary/aromatic N) is 5. The summed E-state index contributed by atoms with van der Waals surface area (Å²) in [6.45, 7) is 6.42. The second-order valence-electron chi connectivity index (χ2n) is 13.5. The van der Waals surface area contributed by atoms with E-state index in [1.807, 2.05) is 53.7 Å². The number of aromatic nitrogens is 3. The molecule has 5 N–H and O–H groups in total. The molecule has 2 atom stereocenters. The molecule has 1 aliphatic carbocycles. The third kappa shape index (κ3) is 8.07. The first-order chi connectivity index (χ1) is 23.2. The summed E-state index contributed by atoms with van der Waals surface area (Å²) in [4.78, 5) is 49.8. The fourth-order valence-corrected chi connectivity index (χ4v) is 6.58. The maximum atomic E-state index is 13.5. The number of anilines is 1. The zero-order valence-corrected chi connectivity index (χ0v) is 27.9. The van der Waals surface area contributed by atoms with E-state index in [9.17, 15) is 14.4 Å². The number of rotatable bonds is 12. The fourth-order valence-electron chi connectivity index (χ4n) is 6.58. The minimum Gasteiger partial charge on any atom is -0.478 e. The average Bonchev–Trinajstić information content (AvgIpc) is 3.55. The lowest BCUT2D eigenvalue weighted by atomic mass is 10.0. The molecular formula is C35H47N9O4. The van der Waals surface area contributed by atoms with Gasteiger partial charge in [0.05, 0.1) is 18.4 Å². The Balaban J connectivity index is 1.02. The normalized spacial score (nSPS) is 19.6. The number of ether oxygens (including phenoxy) is 1. The molecule has 1 saturated carbocycles. The van der Waals surface area contributed by atoms with Gasteiger partial charge < -0.3 is 35.8 Å². The van der Waals surface area contributed by atoms with E-state index in [1.54, 1.807) is 24.9 Å². The van der Waals surface area contributed by atoms with Gasteiger partial charge in [-0.3, -0.25) is 19.7 Å². The molecule has 256 valence electrons. The maximum Gasteiger partial charge on any atom is 0.318 e. The lowest BCUT2D eigenvalue weighted by Gasteiger charge is -2.36. The highest BCUT2D eigenvalue weighted by molar-refractivity contribution is 5.89. The van der Waals surface area contributed by atoms with Crippen molar-refractivity contribution in [3.05, 3.63) is 60.6 Å². The first-order valence-corrected chi connectivity index (χ1v) is 17.0. The van der Waals surface area contributed by atoms with Crippen LogP contribution >= 0.6 is 0 Å². The van der Waals surface area contributed by atoms with E-state index >= 15 is 0 Å². The second-order valence-corrected chi connectivity index (χ2v) is 13.5. The van der Waals surface area contributed by atoms with Crippen LogP contribution in [-0.2, 0) is 16.1 Å². The fraction of sp³-hybridized carbons (Fsp3) is 0.514.